The summed E-state index contributed by atoms with van der Waals surface area (Å²) in [6, 6.07) is 20.6. The minimum atomic E-state index is -2.27. The van der Waals surface area contributed by atoms with Gasteiger partial charge in [0, 0.05) is 31.6 Å². The first-order valence-corrected chi connectivity index (χ1v) is 14.0. The van der Waals surface area contributed by atoms with E-state index in [9.17, 15) is 19.5 Å². The van der Waals surface area contributed by atoms with Crippen LogP contribution in [0.25, 0.3) is 0 Å². The number of aliphatic carboxylic acids is 2. The summed E-state index contributed by atoms with van der Waals surface area (Å²) in [6.45, 7) is 3.66. The fourth-order valence-electron chi connectivity index (χ4n) is 6.13. The van der Waals surface area contributed by atoms with Crippen molar-refractivity contribution >= 4 is 17.8 Å². The van der Waals surface area contributed by atoms with E-state index in [1.807, 2.05) is 30.3 Å². The summed E-state index contributed by atoms with van der Waals surface area (Å²) in [7, 11) is 0. The molecule has 0 spiro atoms. The van der Waals surface area contributed by atoms with Crippen LogP contribution in [0.5, 0.6) is 0 Å². The lowest BCUT2D eigenvalue weighted by Crippen LogP contribution is -2.51. The molecule has 6 atom stereocenters. The smallest absolute Gasteiger partial charge is 0.335 e. The highest BCUT2D eigenvalue weighted by molar-refractivity contribution is 5.86. The molecule has 41 heavy (non-hydrogen) atoms. The highest BCUT2D eigenvalue weighted by Crippen LogP contribution is 2.46. The molecule has 222 valence electrons. The first-order valence-electron chi connectivity index (χ1n) is 14.0. The van der Waals surface area contributed by atoms with Crippen molar-refractivity contribution < 1.29 is 39.9 Å². The number of nitrogens with zero attached hydrogens (tertiary/aromatic N) is 1. The molecule has 1 amide bonds. The molecule has 3 aliphatic rings. The average Bonchev–Trinajstić information content (AvgIpc) is 3.35. The SMILES string of the molecule is O=C(NCNC1[C@H]2CN(Cc3ccccc3)C[C@@H]12)[C@](O)(c1ccccc1)C1CCCC1.O=C(O)[C@H](O)[C@@H](O)C(=O)O. The molecule has 2 aromatic carbocycles. The second-order valence-corrected chi connectivity index (χ2v) is 11.1. The Labute approximate surface area is 238 Å². The summed E-state index contributed by atoms with van der Waals surface area (Å²) in [5.74, 6) is -2.48. The zero-order valence-electron chi connectivity index (χ0n) is 22.8. The van der Waals surface area contributed by atoms with Crippen molar-refractivity contribution in [2.45, 2.75) is 56.1 Å². The van der Waals surface area contributed by atoms with Crippen LogP contribution in [0.1, 0.15) is 36.8 Å². The lowest BCUT2D eigenvalue weighted by atomic mass is 9.79. The zero-order valence-corrected chi connectivity index (χ0v) is 22.8. The summed E-state index contributed by atoms with van der Waals surface area (Å²) in [6.07, 6.45) is -0.575. The van der Waals surface area contributed by atoms with Crippen LogP contribution in [0.15, 0.2) is 60.7 Å². The van der Waals surface area contributed by atoms with Crippen LogP contribution >= 0.6 is 0 Å². The van der Waals surface area contributed by atoms with Crippen LogP contribution in [-0.4, -0.2) is 86.3 Å². The Morgan fingerprint density at radius 1 is 0.854 bits per heavy atom. The quantitative estimate of drug-likeness (QED) is 0.191. The molecule has 2 aliphatic carbocycles. The highest BCUT2D eigenvalue weighted by Gasteiger charge is 2.55. The van der Waals surface area contributed by atoms with Crippen molar-refractivity contribution in [2.24, 2.45) is 17.8 Å². The van der Waals surface area contributed by atoms with E-state index in [4.69, 9.17) is 20.4 Å². The predicted molar refractivity (Wildman–Crippen MR) is 148 cm³/mol. The molecule has 1 aliphatic heterocycles. The molecule has 11 heteroatoms. The molecular formula is C30H39N3O8. The fraction of sp³-hybridized carbons (Fsp3) is 0.500. The number of hydrogen-bond donors (Lipinski definition) is 7. The van der Waals surface area contributed by atoms with E-state index in [1.165, 1.54) is 5.56 Å². The summed E-state index contributed by atoms with van der Waals surface area (Å²) in [4.78, 5) is 35.2. The van der Waals surface area contributed by atoms with Gasteiger partial charge in [-0.15, -0.1) is 0 Å². The summed E-state index contributed by atoms with van der Waals surface area (Å²) < 4.78 is 0. The third-order valence-corrected chi connectivity index (χ3v) is 8.42. The first kappa shape index (κ1) is 30.6. The van der Waals surface area contributed by atoms with Gasteiger partial charge in [0.05, 0.1) is 6.67 Å². The molecule has 0 bridgehead atoms. The number of piperidine rings is 1. The maximum absolute atomic E-state index is 13.1. The van der Waals surface area contributed by atoms with E-state index in [1.54, 1.807) is 0 Å². The number of rotatable bonds is 11. The number of amides is 1. The van der Waals surface area contributed by atoms with E-state index in [-0.39, 0.29) is 11.8 Å². The second-order valence-electron chi connectivity index (χ2n) is 11.1. The van der Waals surface area contributed by atoms with Crippen LogP contribution in [0, 0.1) is 17.8 Å². The number of carboxylic acid groups (broad SMARTS) is 2. The Morgan fingerprint density at radius 2 is 1.37 bits per heavy atom. The van der Waals surface area contributed by atoms with Gasteiger partial charge >= 0.3 is 11.9 Å². The minimum absolute atomic E-state index is 0.0123. The van der Waals surface area contributed by atoms with E-state index in [0.717, 1.165) is 45.3 Å². The largest absolute Gasteiger partial charge is 0.479 e. The van der Waals surface area contributed by atoms with Crippen molar-refractivity contribution in [1.29, 1.82) is 0 Å². The molecule has 2 saturated carbocycles. The van der Waals surface area contributed by atoms with Gasteiger partial charge in [0.1, 0.15) is 0 Å². The molecule has 1 unspecified atom stereocenters. The van der Waals surface area contributed by atoms with Crippen molar-refractivity contribution in [3.63, 3.8) is 0 Å². The van der Waals surface area contributed by atoms with Gasteiger partial charge in [0.2, 0.25) is 0 Å². The molecule has 1 saturated heterocycles. The van der Waals surface area contributed by atoms with E-state index in [0.29, 0.717) is 30.1 Å². The van der Waals surface area contributed by atoms with Gasteiger partial charge < -0.3 is 30.8 Å². The second kappa shape index (κ2) is 13.5. The number of hydrogen-bond acceptors (Lipinski definition) is 8. The molecule has 11 nitrogen and oxygen atoms in total. The molecule has 1 heterocycles. The number of carbonyl (C=O) groups is 3. The lowest BCUT2D eigenvalue weighted by molar-refractivity contribution is -0.165. The van der Waals surface area contributed by atoms with Crippen LogP contribution in [0.2, 0.25) is 0 Å². The minimum Gasteiger partial charge on any atom is -0.479 e. The number of nitrogens with one attached hydrogen (secondary N) is 2. The number of likely N-dealkylation sites (tertiary alicyclic amines) is 1. The Kier molecular flexibility index (Phi) is 10.1. The van der Waals surface area contributed by atoms with E-state index < -0.39 is 29.7 Å². The Balaban J connectivity index is 0.000000334. The number of aliphatic hydroxyl groups is 3. The van der Waals surface area contributed by atoms with Crippen LogP contribution < -0.4 is 10.6 Å². The van der Waals surface area contributed by atoms with Crippen molar-refractivity contribution in [3.05, 3.63) is 71.8 Å². The third kappa shape index (κ3) is 7.30. The first-order chi connectivity index (χ1) is 19.6. The van der Waals surface area contributed by atoms with Gasteiger partial charge in [0.15, 0.2) is 17.8 Å². The van der Waals surface area contributed by atoms with Crippen molar-refractivity contribution in [1.82, 2.24) is 15.5 Å². The van der Waals surface area contributed by atoms with E-state index in [2.05, 4.69) is 45.9 Å². The summed E-state index contributed by atoms with van der Waals surface area (Å²) in [5, 5.41) is 50.6. The number of carboxylic acids is 2. The number of fused-ring (bicyclic) bond motifs is 1. The molecule has 2 aromatic rings. The fourth-order valence-corrected chi connectivity index (χ4v) is 6.13. The molecular weight excluding hydrogens is 530 g/mol. The van der Waals surface area contributed by atoms with Crippen LogP contribution in [0.4, 0.5) is 0 Å². The van der Waals surface area contributed by atoms with Crippen LogP contribution in [-0.2, 0) is 26.5 Å². The maximum atomic E-state index is 13.1. The van der Waals surface area contributed by atoms with Gasteiger partial charge in [-0.2, -0.15) is 0 Å². The Morgan fingerprint density at radius 3 is 1.88 bits per heavy atom. The van der Waals surface area contributed by atoms with Gasteiger partial charge in [-0.1, -0.05) is 73.5 Å². The molecule has 3 fully saturated rings. The van der Waals surface area contributed by atoms with Gasteiger partial charge in [-0.05, 0) is 35.8 Å². The van der Waals surface area contributed by atoms with Gasteiger partial charge in [-0.25, -0.2) is 9.59 Å². The normalized spacial score (nSPS) is 24.7. The van der Waals surface area contributed by atoms with Crippen molar-refractivity contribution in [2.75, 3.05) is 19.8 Å². The zero-order chi connectivity index (χ0) is 29.6. The number of aliphatic hydroxyl groups excluding tert-OH is 2. The highest BCUT2D eigenvalue weighted by atomic mass is 16.4. The monoisotopic (exact) mass is 569 g/mol. The Bertz CT molecular complexity index is 1150. The van der Waals surface area contributed by atoms with Gasteiger partial charge in [-0.3, -0.25) is 15.0 Å². The topological polar surface area (TPSA) is 180 Å². The summed E-state index contributed by atoms with van der Waals surface area (Å²) in [5.41, 5.74) is 0.637. The number of benzene rings is 2. The predicted octanol–water partition coefficient (Wildman–Crippen LogP) is 0.736. The standard InChI is InChI=1S/C26H33N3O2.C4H6O6/c30-25(26(31,21-13-7-8-14-21)20-11-5-2-6-12-20)28-18-27-24-22-16-29(17-23(22)24)15-19-9-3-1-4-10-19;5-1(3(7)8)2(6)4(9)10/h1-6,9-12,21-24,27,31H,7-8,13-18H2,(H,28,30);1-2,5-6H,(H,7,8)(H,9,10)/t22-,23+,24?,26-;1-,2-/m01/s1. The summed E-state index contributed by atoms with van der Waals surface area (Å²) >= 11 is 0. The lowest BCUT2D eigenvalue weighted by Gasteiger charge is -2.33. The number of carbonyl (C=O) groups excluding carboxylic acids is 1. The van der Waals surface area contributed by atoms with Crippen molar-refractivity contribution in [3.8, 4) is 0 Å². The van der Waals surface area contributed by atoms with Gasteiger partial charge in [0.25, 0.3) is 5.91 Å². The maximum Gasteiger partial charge on any atom is 0.335 e. The third-order valence-electron chi connectivity index (χ3n) is 8.42. The molecule has 0 aromatic heterocycles. The molecule has 7 N–H and O–H groups in total. The molecule has 5 rings (SSSR count). The van der Waals surface area contributed by atoms with Crippen LogP contribution in [0.3, 0.4) is 0 Å². The average molecular weight is 570 g/mol. The molecule has 0 radical (unpaired) electrons. The Hall–Kier alpha value is -3.35. The van der Waals surface area contributed by atoms with E-state index >= 15 is 0 Å².